The summed E-state index contributed by atoms with van der Waals surface area (Å²) >= 11 is 0. The summed E-state index contributed by atoms with van der Waals surface area (Å²) in [7, 11) is 0. The SMILES string of the molecule is CCc1ccc(NC(=O)OCC2(N(C=O)Cc3ccccc3F)CCN(C(=O)CN)CC2)cc1. The van der Waals surface area contributed by atoms with Crippen molar-refractivity contribution in [3.8, 4) is 0 Å². The van der Waals surface area contributed by atoms with Crippen molar-refractivity contribution in [1.29, 1.82) is 0 Å². The van der Waals surface area contributed by atoms with Gasteiger partial charge >= 0.3 is 6.09 Å². The molecule has 1 aliphatic rings. The first-order valence-corrected chi connectivity index (χ1v) is 11.4. The number of anilines is 1. The van der Waals surface area contributed by atoms with Crippen molar-refractivity contribution in [2.75, 3.05) is 31.6 Å². The van der Waals surface area contributed by atoms with Crippen molar-refractivity contribution < 1.29 is 23.5 Å². The molecule has 9 heteroatoms. The second-order valence-corrected chi connectivity index (χ2v) is 8.39. The number of halogens is 1. The second-order valence-electron chi connectivity index (χ2n) is 8.39. The Morgan fingerprint density at radius 1 is 1.18 bits per heavy atom. The minimum atomic E-state index is -0.890. The molecule has 2 aromatic carbocycles. The molecule has 1 aliphatic heterocycles. The van der Waals surface area contributed by atoms with E-state index in [2.05, 4.69) is 5.32 Å². The fourth-order valence-corrected chi connectivity index (χ4v) is 4.12. The van der Waals surface area contributed by atoms with E-state index < -0.39 is 17.4 Å². The van der Waals surface area contributed by atoms with Crippen LogP contribution in [0.25, 0.3) is 0 Å². The lowest BCUT2D eigenvalue weighted by atomic mass is 9.86. The fourth-order valence-electron chi connectivity index (χ4n) is 4.12. The maximum atomic E-state index is 14.3. The Morgan fingerprint density at radius 2 is 1.85 bits per heavy atom. The molecule has 3 rings (SSSR count). The minimum Gasteiger partial charge on any atom is -0.447 e. The van der Waals surface area contributed by atoms with Crippen LogP contribution < -0.4 is 11.1 Å². The van der Waals surface area contributed by atoms with E-state index in [1.165, 1.54) is 11.0 Å². The lowest BCUT2D eigenvalue weighted by molar-refractivity contribution is -0.137. The zero-order chi connectivity index (χ0) is 24.6. The molecule has 0 saturated carbocycles. The van der Waals surface area contributed by atoms with E-state index >= 15 is 0 Å². The molecule has 34 heavy (non-hydrogen) atoms. The van der Waals surface area contributed by atoms with E-state index in [0.29, 0.717) is 43.6 Å². The Hall–Kier alpha value is -3.46. The molecule has 1 heterocycles. The van der Waals surface area contributed by atoms with Crippen LogP contribution in [-0.2, 0) is 27.3 Å². The molecule has 0 atom stereocenters. The first-order chi connectivity index (χ1) is 16.4. The molecule has 182 valence electrons. The summed E-state index contributed by atoms with van der Waals surface area (Å²) in [6.45, 7) is 2.56. The molecule has 0 radical (unpaired) electrons. The zero-order valence-corrected chi connectivity index (χ0v) is 19.3. The van der Waals surface area contributed by atoms with E-state index in [4.69, 9.17) is 10.5 Å². The van der Waals surface area contributed by atoms with Crippen molar-refractivity contribution >= 4 is 24.1 Å². The number of nitrogens with one attached hydrogen (secondary N) is 1. The number of piperidine rings is 1. The summed E-state index contributed by atoms with van der Waals surface area (Å²) in [6.07, 6.45) is 1.62. The summed E-state index contributed by atoms with van der Waals surface area (Å²) in [5.74, 6) is -0.607. The predicted molar refractivity (Wildman–Crippen MR) is 126 cm³/mol. The van der Waals surface area contributed by atoms with Crippen LogP contribution in [0.5, 0.6) is 0 Å². The molecule has 1 saturated heterocycles. The van der Waals surface area contributed by atoms with Gasteiger partial charge < -0.3 is 20.3 Å². The van der Waals surface area contributed by atoms with Crippen LogP contribution in [0.4, 0.5) is 14.9 Å². The van der Waals surface area contributed by atoms with Gasteiger partial charge in [-0.05, 0) is 43.0 Å². The number of hydrogen-bond donors (Lipinski definition) is 2. The van der Waals surface area contributed by atoms with E-state index in [0.717, 1.165) is 12.0 Å². The summed E-state index contributed by atoms with van der Waals surface area (Å²) in [4.78, 5) is 39.8. The standard InChI is InChI=1S/C25H31FN4O4/c1-2-19-7-9-21(10-8-19)28-24(33)34-17-25(11-13-29(14-12-25)23(32)15-27)30(18-31)16-20-5-3-4-6-22(20)26/h3-10,18H,2,11-17,27H2,1H3,(H,28,33). The van der Waals surface area contributed by atoms with Crippen molar-refractivity contribution in [3.63, 3.8) is 0 Å². The van der Waals surface area contributed by atoms with Crippen LogP contribution in [0, 0.1) is 5.82 Å². The number of nitrogens with zero attached hydrogens (tertiary/aromatic N) is 2. The summed E-state index contributed by atoms with van der Waals surface area (Å²) < 4.78 is 19.8. The largest absolute Gasteiger partial charge is 0.447 e. The normalized spacial score (nSPS) is 14.9. The fraction of sp³-hybridized carbons (Fsp3) is 0.400. The van der Waals surface area contributed by atoms with Crippen molar-refractivity contribution in [2.24, 2.45) is 5.73 Å². The van der Waals surface area contributed by atoms with Crippen molar-refractivity contribution in [1.82, 2.24) is 9.80 Å². The van der Waals surface area contributed by atoms with Gasteiger partial charge in [0, 0.05) is 30.9 Å². The number of aryl methyl sites for hydroxylation is 1. The highest BCUT2D eigenvalue weighted by Crippen LogP contribution is 2.31. The third-order valence-corrected chi connectivity index (χ3v) is 6.34. The number of rotatable bonds is 9. The smallest absolute Gasteiger partial charge is 0.411 e. The van der Waals surface area contributed by atoms with Crippen molar-refractivity contribution in [2.45, 2.75) is 38.3 Å². The lowest BCUT2D eigenvalue weighted by Crippen LogP contribution is -2.59. The first-order valence-electron chi connectivity index (χ1n) is 11.4. The number of benzene rings is 2. The van der Waals surface area contributed by atoms with Gasteiger partial charge in [0.25, 0.3) is 0 Å². The summed E-state index contributed by atoms with van der Waals surface area (Å²) in [5.41, 5.74) is 6.69. The van der Waals surface area contributed by atoms with Crippen LogP contribution in [0.3, 0.4) is 0 Å². The molecular weight excluding hydrogens is 439 g/mol. The molecule has 0 aliphatic carbocycles. The maximum Gasteiger partial charge on any atom is 0.411 e. The molecule has 0 spiro atoms. The third kappa shape index (κ3) is 6.11. The van der Waals surface area contributed by atoms with Gasteiger partial charge in [-0.2, -0.15) is 0 Å². The van der Waals surface area contributed by atoms with Gasteiger partial charge in [-0.25, -0.2) is 9.18 Å². The Kier molecular flexibility index (Phi) is 8.59. The predicted octanol–water partition coefficient (Wildman–Crippen LogP) is 2.92. The van der Waals surface area contributed by atoms with Gasteiger partial charge in [0.2, 0.25) is 12.3 Å². The number of carbonyl (C=O) groups excluding carboxylic acids is 3. The summed E-state index contributed by atoms with van der Waals surface area (Å²) in [6, 6.07) is 13.7. The number of carbonyl (C=O) groups is 3. The van der Waals surface area contributed by atoms with Crippen LogP contribution >= 0.6 is 0 Å². The Morgan fingerprint density at radius 3 is 2.44 bits per heavy atom. The molecule has 2 aromatic rings. The van der Waals surface area contributed by atoms with Crippen LogP contribution in [-0.4, -0.2) is 60.0 Å². The van der Waals surface area contributed by atoms with Crippen LogP contribution in [0.1, 0.15) is 30.9 Å². The molecule has 8 nitrogen and oxygen atoms in total. The Labute approximate surface area is 198 Å². The monoisotopic (exact) mass is 470 g/mol. The first kappa shape index (κ1) is 25.2. The van der Waals surface area contributed by atoms with Crippen LogP contribution in [0.15, 0.2) is 48.5 Å². The molecule has 0 aromatic heterocycles. The Bertz CT molecular complexity index is 991. The van der Waals surface area contributed by atoms with E-state index in [1.807, 2.05) is 19.1 Å². The topological polar surface area (TPSA) is 105 Å². The van der Waals surface area contributed by atoms with Gasteiger partial charge in [0.1, 0.15) is 12.4 Å². The molecule has 1 fully saturated rings. The van der Waals surface area contributed by atoms with Crippen LogP contribution in [0.2, 0.25) is 0 Å². The third-order valence-electron chi connectivity index (χ3n) is 6.34. The lowest BCUT2D eigenvalue weighted by Gasteiger charge is -2.46. The number of ether oxygens (including phenoxy) is 1. The van der Waals surface area contributed by atoms with Crippen molar-refractivity contribution in [3.05, 3.63) is 65.5 Å². The highest BCUT2D eigenvalue weighted by Gasteiger charge is 2.42. The quantitative estimate of drug-likeness (QED) is 0.549. The van der Waals surface area contributed by atoms with Gasteiger partial charge in [-0.3, -0.25) is 14.9 Å². The average molecular weight is 471 g/mol. The highest BCUT2D eigenvalue weighted by molar-refractivity contribution is 5.84. The highest BCUT2D eigenvalue weighted by atomic mass is 19.1. The number of amides is 3. The van der Waals surface area contributed by atoms with Gasteiger partial charge in [-0.15, -0.1) is 0 Å². The zero-order valence-electron chi connectivity index (χ0n) is 19.3. The minimum absolute atomic E-state index is 0.0183. The molecule has 0 bridgehead atoms. The summed E-state index contributed by atoms with van der Waals surface area (Å²) in [5, 5.41) is 2.69. The maximum absolute atomic E-state index is 14.3. The van der Waals surface area contributed by atoms with E-state index in [1.54, 1.807) is 35.2 Å². The van der Waals surface area contributed by atoms with E-state index in [-0.39, 0.29) is 25.6 Å². The van der Waals surface area contributed by atoms with E-state index in [9.17, 15) is 18.8 Å². The number of likely N-dealkylation sites (tertiary alicyclic amines) is 1. The molecule has 0 unspecified atom stereocenters. The second kappa shape index (κ2) is 11.6. The van der Waals surface area contributed by atoms with Gasteiger partial charge in [0.05, 0.1) is 12.1 Å². The Balaban J connectivity index is 1.74. The average Bonchev–Trinajstić information content (AvgIpc) is 2.87. The van der Waals surface area contributed by atoms with Gasteiger partial charge in [-0.1, -0.05) is 37.3 Å². The number of nitrogens with two attached hydrogens (primary N) is 1. The molecular formula is C25H31FN4O4. The molecule has 3 N–H and O–H groups in total. The number of hydrogen-bond acceptors (Lipinski definition) is 5. The molecule has 3 amide bonds. The van der Waals surface area contributed by atoms with Gasteiger partial charge in [0.15, 0.2) is 0 Å².